The van der Waals surface area contributed by atoms with Gasteiger partial charge >= 0.3 is 0 Å². The molecule has 0 aromatic heterocycles. The molecule has 0 saturated carbocycles. The average Bonchev–Trinajstić information content (AvgIpc) is 3.46. The molecule has 178 valence electrons. The number of likely N-dealkylation sites (tertiary alicyclic amines) is 1. The van der Waals surface area contributed by atoms with Crippen LogP contribution in [0.15, 0.2) is 63.9 Å². The Labute approximate surface area is 208 Å². The quantitative estimate of drug-likeness (QED) is 0.475. The Kier molecular flexibility index (Phi) is 5.94. The van der Waals surface area contributed by atoms with Crippen molar-refractivity contribution in [3.8, 4) is 0 Å². The standard InChI is InChI=1S/C29H35N3OS/c1-20(2)13-16-31-22-10-11-23(31)19-24(18-22)32-25-7-3-4-8-27(25)34-28-17-21(9-12-26(28)32)29(33)30-14-5-6-15-30/h3-4,7-9,12-13,17,22-24H,5-6,10-11,14-16,18-19H2,1-2H3. The van der Waals surface area contributed by atoms with E-state index in [9.17, 15) is 4.79 Å². The van der Waals surface area contributed by atoms with E-state index in [0.717, 1.165) is 38.0 Å². The zero-order valence-corrected chi connectivity index (χ0v) is 21.2. The summed E-state index contributed by atoms with van der Waals surface area (Å²) in [5.41, 5.74) is 4.87. The molecule has 6 rings (SSSR count). The van der Waals surface area contributed by atoms with Crippen LogP contribution >= 0.6 is 11.8 Å². The zero-order chi connectivity index (χ0) is 23.2. The normalized spacial score (nSPS) is 25.8. The van der Waals surface area contributed by atoms with E-state index in [-0.39, 0.29) is 5.91 Å². The van der Waals surface area contributed by atoms with Crippen LogP contribution in [0, 0.1) is 0 Å². The van der Waals surface area contributed by atoms with E-state index in [4.69, 9.17) is 0 Å². The topological polar surface area (TPSA) is 26.8 Å². The Morgan fingerprint density at radius 3 is 2.38 bits per heavy atom. The van der Waals surface area contributed by atoms with Gasteiger partial charge in [-0.05, 0) is 82.7 Å². The summed E-state index contributed by atoms with van der Waals surface area (Å²) in [7, 11) is 0. The minimum Gasteiger partial charge on any atom is -0.339 e. The summed E-state index contributed by atoms with van der Waals surface area (Å²) in [5, 5.41) is 0. The fraction of sp³-hybridized carbons (Fsp3) is 0.483. The van der Waals surface area contributed by atoms with Crippen molar-refractivity contribution in [2.24, 2.45) is 0 Å². The van der Waals surface area contributed by atoms with Crippen LogP contribution in [-0.4, -0.2) is 53.5 Å². The second-order valence-corrected chi connectivity index (χ2v) is 11.7. The van der Waals surface area contributed by atoms with Crippen LogP contribution in [0.1, 0.15) is 62.7 Å². The van der Waals surface area contributed by atoms with Gasteiger partial charge in [0.2, 0.25) is 0 Å². The third kappa shape index (κ3) is 3.97. The van der Waals surface area contributed by atoms with E-state index in [2.05, 4.69) is 72.2 Å². The Bertz CT molecular complexity index is 1100. The first-order valence-corrected chi connectivity index (χ1v) is 13.8. The Balaban J connectivity index is 1.32. The number of piperidine rings is 1. The van der Waals surface area contributed by atoms with Crippen LogP contribution < -0.4 is 4.90 Å². The van der Waals surface area contributed by atoms with Gasteiger partial charge in [0.1, 0.15) is 0 Å². The highest BCUT2D eigenvalue weighted by Gasteiger charge is 2.43. The first kappa shape index (κ1) is 22.2. The fourth-order valence-electron chi connectivity index (χ4n) is 6.46. The molecule has 34 heavy (non-hydrogen) atoms. The van der Waals surface area contributed by atoms with Gasteiger partial charge in [-0.15, -0.1) is 0 Å². The molecule has 0 N–H and O–H groups in total. The van der Waals surface area contributed by atoms with Crippen LogP contribution in [0.3, 0.4) is 0 Å². The maximum Gasteiger partial charge on any atom is 0.253 e. The average molecular weight is 474 g/mol. The molecule has 2 aromatic rings. The Morgan fingerprint density at radius 2 is 1.65 bits per heavy atom. The van der Waals surface area contributed by atoms with Gasteiger partial charge < -0.3 is 9.80 Å². The molecule has 0 spiro atoms. The van der Waals surface area contributed by atoms with E-state index in [1.165, 1.54) is 52.4 Å². The van der Waals surface area contributed by atoms with E-state index in [1.807, 2.05) is 16.7 Å². The molecule has 2 aromatic carbocycles. The minimum atomic E-state index is 0.192. The zero-order valence-electron chi connectivity index (χ0n) is 20.4. The van der Waals surface area contributed by atoms with Crippen LogP contribution in [0.25, 0.3) is 0 Å². The monoisotopic (exact) mass is 473 g/mol. The number of carbonyl (C=O) groups excluding carboxylic acids is 1. The van der Waals surface area contributed by atoms with Crippen LogP contribution in [0.2, 0.25) is 0 Å². The lowest BCUT2D eigenvalue weighted by molar-refractivity contribution is 0.0792. The van der Waals surface area contributed by atoms with Gasteiger partial charge in [0.25, 0.3) is 5.91 Å². The molecule has 4 aliphatic rings. The number of allylic oxidation sites excluding steroid dienone is 1. The highest BCUT2D eigenvalue weighted by molar-refractivity contribution is 7.99. The Hall–Kier alpha value is -2.24. The molecule has 3 saturated heterocycles. The lowest BCUT2D eigenvalue weighted by Crippen LogP contribution is -2.49. The predicted molar refractivity (Wildman–Crippen MR) is 140 cm³/mol. The van der Waals surface area contributed by atoms with Gasteiger partial charge in [-0.25, -0.2) is 0 Å². The number of nitrogens with zero attached hydrogens (tertiary/aromatic N) is 3. The molecule has 4 aliphatic heterocycles. The molecule has 3 fully saturated rings. The van der Waals surface area contributed by atoms with Gasteiger partial charge in [0, 0.05) is 53.1 Å². The van der Waals surface area contributed by atoms with E-state index in [1.54, 1.807) is 0 Å². The third-order valence-corrected chi connectivity index (χ3v) is 9.25. The van der Waals surface area contributed by atoms with Crippen molar-refractivity contribution in [1.29, 1.82) is 0 Å². The highest BCUT2D eigenvalue weighted by Crippen LogP contribution is 2.52. The van der Waals surface area contributed by atoms with Crippen LogP contribution in [-0.2, 0) is 0 Å². The number of benzene rings is 2. The molecule has 5 heteroatoms. The molecule has 2 unspecified atom stereocenters. The van der Waals surface area contributed by atoms with Crippen molar-refractivity contribution in [2.75, 3.05) is 24.5 Å². The van der Waals surface area contributed by atoms with Gasteiger partial charge in [-0.2, -0.15) is 0 Å². The molecule has 2 bridgehead atoms. The second kappa shape index (κ2) is 9.09. The largest absolute Gasteiger partial charge is 0.339 e. The number of hydrogen-bond donors (Lipinski definition) is 0. The van der Waals surface area contributed by atoms with Crippen molar-refractivity contribution in [2.45, 2.75) is 80.3 Å². The molecule has 0 aliphatic carbocycles. The van der Waals surface area contributed by atoms with Gasteiger partial charge in [-0.3, -0.25) is 9.69 Å². The number of anilines is 2. The summed E-state index contributed by atoms with van der Waals surface area (Å²) in [6.07, 6.45) is 9.70. The van der Waals surface area contributed by atoms with Crippen molar-refractivity contribution in [1.82, 2.24) is 9.80 Å². The highest BCUT2D eigenvalue weighted by atomic mass is 32.2. The summed E-state index contributed by atoms with van der Waals surface area (Å²) >= 11 is 1.82. The molecule has 2 atom stereocenters. The summed E-state index contributed by atoms with van der Waals surface area (Å²) in [6, 6.07) is 17.1. The van der Waals surface area contributed by atoms with Crippen molar-refractivity contribution in [3.63, 3.8) is 0 Å². The van der Waals surface area contributed by atoms with Gasteiger partial charge in [-0.1, -0.05) is 35.5 Å². The molecular weight excluding hydrogens is 438 g/mol. The van der Waals surface area contributed by atoms with Crippen LogP contribution in [0.5, 0.6) is 0 Å². The van der Waals surface area contributed by atoms with Gasteiger partial charge in [0.15, 0.2) is 0 Å². The maximum absolute atomic E-state index is 13.1. The Morgan fingerprint density at radius 1 is 0.941 bits per heavy atom. The molecule has 4 heterocycles. The molecular formula is C29H35N3OS. The molecule has 4 nitrogen and oxygen atoms in total. The second-order valence-electron chi connectivity index (χ2n) is 10.6. The predicted octanol–water partition coefficient (Wildman–Crippen LogP) is 6.49. The first-order valence-electron chi connectivity index (χ1n) is 13.0. The van der Waals surface area contributed by atoms with Crippen molar-refractivity contribution >= 4 is 29.0 Å². The molecule has 0 radical (unpaired) electrons. The van der Waals surface area contributed by atoms with E-state index >= 15 is 0 Å². The third-order valence-electron chi connectivity index (χ3n) is 8.14. The van der Waals surface area contributed by atoms with Gasteiger partial charge in [0.05, 0.1) is 11.4 Å². The van der Waals surface area contributed by atoms with E-state index < -0.39 is 0 Å². The summed E-state index contributed by atoms with van der Waals surface area (Å²) in [4.78, 5) is 23.0. The molecule has 1 amide bonds. The summed E-state index contributed by atoms with van der Waals surface area (Å²) in [6.45, 7) is 7.29. The lowest BCUT2D eigenvalue weighted by Gasteiger charge is -2.46. The van der Waals surface area contributed by atoms with Crippen molar-refractivity contribution in [3.05, 3.63) is 59.7 Å². The maximum atomic E-state index is 13.1. The number of rotatable bonds is 4. The number of para-hydroxylation sites is 1. The number of carbonyl (C=O) groups is 1. The van der Waals surface area contributed by atoms with Crippen molar-refractivity contribution < 1.29 is 4.79 Å². The number of hydrogen-bond acceptors (Lipinski definition) is 4. The van der Waals surface area contributed by atoms with E-state index in [0.29, 0.717) is 18.1 Å². The smallest absolute Gasteiger partial charge is 0.253 e. The van der Waals surface area contributed by atoms with Crippen LogP contribution in [0.4, 0.5) is 11.4 Å². The minimum absolute atomic E-state index is 0.192. The SMILES string of the molecule is CC(C)=CCN1C2CCC1CC(N1c3ccccc3Sc3cc(C(=O)N4CCCC4)ccc31)C2. The summed E-state index contributed by atoms with van der Waals surface area (Å²) < 4.78 is 0. The number of amides is 1. The first-order chi connectivity index (χ1) is 16.6. The fourth-order valence-corrected chi connectivity index (χ4v) is 7.57. The lowest BCUT2D eigenvalue weighted by atomic mass is 9.94. The number of fused-ring (bicyclic) bond motifs is 4. The summed E-state index contributed by atoms with van der Waals surface area (Å²) in [5.74, 6) is 0.192.